The third-order valence-electron chi connectivity index (χ3n) is 4.11. The summed E-state index contributed by atoms with van der Waals surface area (Å²) >= 11 is 0.932. The number of halogens is 1. The number of cyclic esters (lactones) is 1. The predicted octanol–water partition coefficient (Wildman–Crippen LogP) is 2.14. The van der Waals surface area contributed by atoms with E-state index in [4.69, 9.17) is 9.47 Å². The fourth-order valence-electron chi connectivity index (χ4n) is 2.82. The largest absolute Gasteiger partial charge is 0.461 e. The van der Waals surface area contributed by atoms with Crippen molar-refractivity contribution in [1.82, 2.24) is 25.2 Å². The third-order valence-corrected chi connectivity index (χ3v) is 5.04. The van der Waals surface area contributed by atoms with Gasteiger partial charge in [-0.05, 0) is 25.1 Å². The van der Waals surface area contributed by atoms with Gasteiger partial charge in [-0.3, -0.25) is 4.90 Å². The Labute approximate surface area is 167 Å². The highest BCUT2D eigenvalue weighted by molar-refractivity contribution is 7.16. The summed E-state index contributed by atoms with van der Waals surface area (Å²) in [5, 5.41) is 15.4. The van der Waals surface area contributed by atoms with Crippen molar-refractivity contribution in [2.45, 2.75) is 19.6 Å². The number of benzene rings is 1. The monoisotopic (exact) mass is 418 g/mol. The molecule has 4 rings (SSSR count). The Bertz CT molecular complexity index is 1040. The van der Waals surface area contributed by atoms with E-state index in [9.17, 15) is 14.0 Å². The van der Waals surface area contributed by atoms with Gasteiger partial charge in [0.15, 0.2) is 5.01 Å². The van der Waals surface area contributed by atoms with E-state index in [0.29, 0.717) is 12.2 Å². The van der Waals surface area contributed by atoms with Crippen molar-refractivity contribution in [1.29, 1.82) is 0 Å². The molecule has 29 heavy (non-hydrogen) atoms. The number of esters is 1. The van der Waals surface area contributed by atoms with Crippen molar-refractivity contribution in [3.63, 3.8) is 0 Å². The zero-order chi connectivity index (χ0) is 20.4. The lowest BCUT2D eigenvalue weighted by atomic mass is 10.2. The smallest absolute Gasteiger partial charge is 0.414 e. The maximum absolute atomic E-state index is 14.7. The first-order valence-electron chi connectivity index (χ1n) is 8.68. The summed E-state index contributed by atoms with van der Waals surface area (Å²) in [6, 6.07) is 4.29. The fourth-order valence-corrected chi connectivity index (χ4v) is 3.58. The molecule has 150 valence electrons. The molecule has 1 fully saturated rings. The summed E-state index contributed by atoms with van der Waals surface area (Å²) in [4.78, 5) is 25.2. The molecule has 0 bridgehead atoms. The lowest BCUT2D eigenvalue weighted by Gasteiger charge is -2.13. The van der Waals surface area contributed by atoms with Crippen molar-refractivity contribution < 1.29 is 23.5 Å². The molecule has 2 aromatic heterocycles. The van der Waals surface area contributed by atoms with Gasteiger partial charge in [0, 0.05) is 11.8 Å². The number of aromatic nitrogens is 5. The SMILES string of the molecule is CCOC(=O)c1nnc(-c2ccc(N3C[C@H](Cn4ccnn4)OC3=O)cc2F)s1. The molecule has 12 heteroatoms. The van der Waals surface area contributed by atoms with E-state index in [1.54, 1.807) is 23.9 Å². The zero-order valence-electron chi connectivity index (χ0n) is 15.2. The number of ether oxygens (including phenoxy) is 2. The second-order valence-corrected chi connectivity index (χ2v) is 7.02. The standard InChI is InChI=1S/C17H15FN6O4S/c1-2-27-16(25)15-21-20-14(29-15)12-4-3-10(7-13(12)18)24-9-11(28-17(24)26)8-23-6-5-19-22-23/h3-7,11H,2,8-9H2,1H3/t11-/m0/s1. The minimum Gasteiger partial charge on any atom is -0.461 e. The lowest BCUT2D eigenvalue weighted by Crippen LogP contribution is -2.26. The highest BCUT2D eigenvalue weighted by atomic mass is 32.1. The van der Waals surface area contributed by atoms with Crippen molar-refractivity contribution in [3.8, 4) is 10.6 Å². The first-order valence-corrected chi connectivity index (χ1v) is 9.49. The Balaban J connectivity index is 1.50. The Kier molecular flexibility index (Phi) is 5.16. The number of amides is 1. The second kappa shape index (κ2) is 7.91. The molecule has 1 aliphatic rings. The van der Waals surface area contributed by atoms with Crippen molar-refractivity contribution in [2.75, 3.05) is 18.1 Å². The molecule has 0 N–H and O–H groups in total. The van der Waals surface area contributed by atoms with Gasteiger partial charge in [0.1, 0.15) is 11.9 Å². The molecule has 10 nitrogen and oxygen atoms in total. The van der Waals surface area contributed by atoms with Crippen LogP contribution in [0, 0.1) is 5.82 Å². The van der Waals surface area contributed by atoms with E-state index < -0.39 is 24.0 Å². The van der Waals surface area contributed by atoms with E-state index in [-0.39, 0.29) is 28.7 Å². The van der Waals surface area contributed by atoms with Gasteiger partial charge >= 0.3 is 12.1 Å². The van der Waals surface area contributed by atoms with Gasteiger partial charge in [-0.1, -0.05) is 16.6 Å². The van der Waals surface area contributed by atoms with Crippen molar-refractivity contribution >= 4 is 29.1 Å². The highest BCUT2D eigenvalue weighted by Gasteiger charge is 2.33. The number of rotatable bonds is 6. The van der Waals surface area contributed by atoms with Gasteiger partial charge < -0.3 is 9.47 Å². The average molecular weight is 418 g/mol. The molecule has 1 saturated heterocycles. The molecule has 1 atom stereocenters. The second-order valence-electron chi connectivity index (χ2n) is 6.04. The lowest BCUT2D eigenvalue weighted by molar-refractivity contribution is 0.0525. The summed E-state index contributed by atoms with van der Waals surface area (Å²) in [6.07, 6.45) is 2.20. The van der Waals surface area contributed by atoms with Crippen molar-refractivity contribution in [3.05, 3.63) is 41.4 Å². The van der Waals surface area contributed by atoms with Crippen LogP contribution in [0.5, 0.6) is 0 Å². The summed E-state index contributed by atoms with van der Waals surface area (Å²) in [6.45, 7) is 2.49. The van der Waals surface area contributed by atoms with E-state index in [0.717, 1.165) is 11.3 Å². The molecule has 0 unspecified atom stereocenters. The fraction of sp³-hybridized carbons (Fsp3) is 0.294. The topological polar surface area (TPSA) is 112 Å². The average Bonchev–Trinajstić information content (AvgIpc) is 3.43. The van der Waals surface area contributed by atoms with Gasteiger partial charge in [-0.25, -0.2) is 18.7 Å². The van der Waals surface area contributed by atoms with Gasteiger partial charge in [0.05, 0.1) is 31.6 Å². The molecule has 3 aromatic rings. The van der Waals surface area contributed by atoms with Crippen LogP contribution >= 0.6 is 11.3 Å². The summed E-state index contributed by atoms with van der Waals surface area (Å²) in [5.41, 5.74) is 0.529. The number of anilines is 1. The molecule has 0 radical (unpaired) electrons. The van der Waals surface area contributed by atoms with Crippen LogP contribution in [0.15, 0.2) is 30.6 Å². The van der Waals surface area contributed by atoms with E-state index in [1.807, 2.05) is 0 Å². The quantitative estimate of drug-likeness (QED) is 0.560. The Hall–Kier alpha value is -3.41. The van der Waals surface area contributed by atoms with Crippen LogP contribution in [0.3, 0.4) is 0 Å². The minimum absolute atomic E-state index is 0.0457. The zero-order valence-corrected chi connectivity index (χ0v) is 16.0. The molecule has 0 saturated carbocycles. The molecule has 0 aliphatic carbocycles. The number of carbonyl (C=O) groups excluding carboxylic acids is 2. The number of hydrogen-bond acceptors (Lipinski definition) is 9. The molecule has 0 spiro atoms. The molecule has 1 amide bonds. The van der Waals surface area contributed by atoms with Gasteiger partial charge in [-0.2, -0.15) is 0 Å². The molecule has 1 aromatic carbocycles. The third kappa shape index (κ3) is 3.92. The van der Waals surface area contributed by atoms with Crippen LogP contribution in [0.4, 0.5) is 14.9 Å². The Morgan fingerprint density at radius 2 is 2.28 bits per heavy atom. The van der Waals surface area contributed by atoms with Crippen molar-refractivity contribution in [2.24, 2.45) is 0 Å². The van der Waals surface area contributed by atoms with E-state index in [1.165, 1.54) is 23.2 Å². The van der Waals surface area contributed by atoms with E-state index >= 15 is 0 Å². The van der Waals surface area contributed by atoms with Crippen LogP contribution in [-0.2, 0) is 16.0 Å². The van der Waals surface area contributed by atoms with Crippen LogP contribution < -0.4 is 4.90 Å². The normalized spacial score (nSPS) is 16.1. The molecular formula is C17H15FN6O4S. The van der Waals surface area contributed by atoms with Gasteiger partial charge in [0.25, 0.3) is 0 Å². The van der Waals surface area contributed by atoms with Gasteiger partial charge in [0.2, 0.25) is 5.01 Å². The van der Waals surface area contributed by atoms with E-state index in [2.05, 4.69) is 20.5 Å². The number of hydrogen-bond donors (Lipinski definition) is 0. The predicted molar refractivity (Wildman–Crippen MR) is 98.9 cm³/mol. The van der Waals surface area contributed by atoms with Crippen LogP contribution in [0.2, 0.25) is 0 Å². The first kappa shape index (κ1) is 18.9. The summed E-state index contributed by atoms with van der Waals surface area (Å²) in [7, 11) is 0. The molecule has 1 aliphatic heterocycles. The molecule has 3 heterocycles. The Morgan fingerprint density at radius 1 is 1.41 bits per heavy atom. The maximum Gasteiger partial charge on any atom is 0.414 e. The first-order chi connectivity index (χ1) is 14.0. The number of carbonyl (C=O) groups is 2. The van der Waals surface area contributed by atoms with Crippen LogP contribution in [-0.4, -0.2) is 56.5 Å². The Morgan fingerprint density at radius 3 is 3.00 bits per heavy atom. The minimum atomic E-state index is -0.605. The maximum atomic E-state index is 14.7. The van der Waals surface area contributed by atoms with Crippen LogP contribution in [0.25, 0.3) is 10.6 Å². The van der Waals surface area contributed by atoms with Crippen LogP contribution in [0.1, 0.15) is 16.7 Å². The molecular weight excluding hydrogens is 403 g/mol. The highest BCUT2D eigenvalue weighted by Crippen LogP contribution is 2.31. The van der Waals surface area contributed by atoms with Gasteiger partial charge in [-0.15, -0.1) is 15.3 Å². The summed E-state index contributed by atoms with van der Waals surface area (Å²) < 4.78 is 26.4. The summed E-state index contributed by atoms with van der Waals surface area (Å²) in [5.74, 6) is -1.20. The number of nitrogens with zero attached hydrogens (tertiary/aromatic N) is 6.